The van der Waals surface area contributed by atoms with Crippen LogP contribution in [0.5, 0.6) is 0 Å². The Morgan fingerprint density at radius 1 is 1.21 bits per heavy atom. The van der Waals surface area contributed by atoms with Gasteiger partial charge in [0.25, 0.3) is 0 Å². The van der Waals surface area contributed by atoms with Crippen LogP contribution in [0.1, 0.15) is 16.8 Å². The summed E-state index contributed by atoms with van der Waals surface area (Å²) in [5.74, 6) is -0.621. The van der Waals surface area contributed by atoms with Crippen molar-refractivity contribution in [3.63, 3.8) is 0 Å². The molecule has 5 N–H and O–H groups in total. The molecule has 106 valence electrons. The first-order chi connectivity index (χ1) is 8.51. The Morgan fingerprint density at radius 3 is 2.05 bits per heavy atom. The van der Waals surface area contributed by atoms with E-state index in [1.807, 2.05) is 0 Å². The molecule has 7 nitrogen and oxygen atoms in total. The number of benzene rings is 1. The van der Waals surface area contributed by atoms with Crippen LogP contribution >= 0.6 is 15.0 Å². The summed E-state index contributed by atoms with van der Waals surface area (Å²) in [6, 6.07) is 5.72. The number of rotatable bonds is 5. The van der Waals surface area contributed by atoms with Crippen molar-refractivity contribution in [1.29, 1.82) is 0 Å². The topological polar surface area (TPSA) is 138 Å². The maximum absolute atomic E-state index is 11.8. The van der Waals surface area contributed by atoms with Gasteiger partial charge in [0.15, 0.2) is 5.78 Å². The summed E-state index contributed by atoms with van der Waals surface area (Å²) in [7, 11) is -8.93. The molecular weight excluding hydrogens is 292 g/mol. The highest BCUT2D eigenvalue weighted by Crippen LogP contribution is 2.61. The Hall–Kier alpha value is -0.970. The van der Waals surface area contributed by atoms with Crippen molar-refractivity contribution in [3.05, 3.63) is 29.8 Å². The molecule has 1 rings (SSSR count). The van der Waals surface area contributed by atoms with E-state index in [1.54, 1.807) is 0 Å². The molecule has 1 aromatic rings. The molecule has 0 aromatic heterocycles. The minimum Gasteiger partial charge on any atom is -0.399 e. The molecule has 1 aromatic carbocycles. The van der Waals surface area contributed by atoms with Gasteiger partial charge in [0.2, 0.25) is 7.37 Å². The van der Waals surface area contributed by atoms with Gasteiger partial charge in [-0.1, -0.05) is 0 Å². The van der Waals surface area contributed by atoms with Crippen LogP contribution in [-0.2, 0) is 9.13 Å². The van der Waals surface area contributed by atoms with E-state index in [-0.39, 0.29) is 5.56 Å². The third kappa shape index (κ3) is 4.56. The van der Waals surface area contributed by atoms with Gasteiger partial charge in [-0.05, 0) is 24.3 Å². The third-order valence-corrected chi connectivity index (χ3v) is 6.98. The van der Waals surface area contributed by atoms with Gasteiger partial charge >= 0.3 is 7.60 Å². The number of nitrogens with two attached hydrogens (primary N) is 1. The number of hydrogen-bond acceptors (Lipinski definition) is 4. The Kier molecular flexibility index (Phi) is 4.72. The smallest absolute Gasteiger partial charge is 0.338 e. The second kappa shape index (κ2) is 5.57. The molecular formula is C10H15NO6P2. The third-order valence-electron chi connectivity index (χ3n) is 2.54. The average molecular weight is 307 g/mol. The largest absolute Gasteiger partial charge is 0.399 e. The maximum Gasteiger partial charge on any atom is 0.338 e. The van der Waals surface area contributed by atoms with Crippen molar-refractivity contribution in [2.75, 3.05) is 12.4 Å². The normalized spacial score (nSPS) is 16.6. The molecule has 9 heteroatoms. The fraction of sp³-hybridized carbons (Fsp3) is 0.300. The van der Waals surface area contributed by atoms with E-state index in [1.165, 1.54) is 24.3 Å². The lowest BCUT2D eigenvalue weighted by Crippen LogP contribution is -2.15. The zero-order valence-electron chi connectivity index (χ0n) is 10.1. The van der Waals surface area contributed by atoms with Gasteiger partial charge in [-0.15, -0.1) is 0 Å². The zero-order valence-corrected chi connectivity index (χ0v) is 11.9. The van der Waals surface area contributed by atoms with E-state index in [4.69, 9.17) is 15.5 Å². The Labute approximate surface area is 110 Å². The van der Waals surface area contributed by atoms with Crippen molar-refractivity contribution >= 4 is 26.4 Å². The molecule has 0 bridgehead atoms. The van der Waals surface area contributed by atoms with Gasteiger partial charge in [-0.25, -0.2) is 0 Å². The molecule has 2 unspecified atom stereocenters. The highest BCUT2D eigenvalue weighted by molar-refractivity contribution is 7.73. The minimum absolute atomic E-state index is 0.182. The number of anilines is 1. The van der Waals surface area contributed by atoms with Gasteiger partial charge in [0, 0.05) is 24.3 Å². The van der Waals surface area contributed by atoms with Gasteiger partial charge in [-0.3, -0.25) is 13.9 Å². The fourth-order valence-corrected chi connectivity index (χ4v) is 4.66. The highest BCUT2D eigenvalue weighted by Gasteiger charge is 2.42. The van der Waals surface area contributed by atoms with Crippen molar-refractivity contribution in [2.45, 2.75) is 11.8 Å². The molecule has 2 atom stereocenters. The van der Waals surface area contributed by atoms with Crippen LogP contribution in [-0.4, -0.2) is 32.5 Å². The standard InChI is InChI=1S/C10H15NO6P2/c1-18(13,14)10(19(15,16)17)6-9(12)7-2-4-8(11)5-3-7/h2-5,10H,6,11H2,1H3,(H,13,14)(H2,15,16,17). The van der Waals surface area contributed by atoms with E-state index in [9.17, 15) is 18.8 Å². The lowest BCUT2D eigenvalue weighted by atomic mass is 10.1. The zero-order chi connectivity index (χ0) is 14.8. The maximum atomic E-state index is 11.8. The first-order valence-electron chi connectivity index (χ1n) is 5.25. The Morgan fingerprint density at radius 2 is 1.68 bits per heavy atom. The molecule has 19 heavy (non-hydrogen) atoms. The summed E-state index contributed by atoms with van der Waals surface area (Å²) in [6.45, 7) is 0.826. The summed E-state index contributed by atoms with van der Waals surface area (Å²) >= 11 is 0. The van der Waals surface area contributed by atoms with E-state index in [0.29, 0.717) is 5.69 Å². The number of carbonyl (C=O) groups is 1. The van der Waals surface area contributed by atoms with Crippen LogP contribution in [0.3, 0.4) is 0 Å². The Balaban J connectivity index is 2.99. The van der Waals surface area contributed by atoms with Gasteiger partial charge in [0.05, 0.1) is 0 Å². The van der Waals surface area contributed by atoms with Gasteiger partial charge in [-0.2, -0.15) is 0 Å². The lowest BCUT2D eigenvalue weighted by Gasteiger charge is -2.20. The fourth-order valence-electron chi connectivity index (χ4n) is 1.52. The molecule has 0 heterocycles. The molecule has 0 saturated carbocycles. The van der Waals surface area contributed by atoms with Crippen molar-refractivity contribution in [3.8, 4) is 0 Å². The van der Waals surface area contributed by atoms with E-state index in [2.05, 4.69) is 0 Å². The summed E-state index contributed by atoms with van der Waals surface area (Å²) in [6.07, 6.45) is -0.696. The van der Waals surface area contributed by atoms with Gasteiger partial charge < -0.3 is 20.4 Å². The first-order valence-corrected chi connectivity index (χ1v) is 9.11. The van der Waals surface area contributed by atoms with Crippen LogP contribution in [0.4, 0.5) is 5.69 Å². The molecule has 0 radical (unpaired) electrons. The average Bonchev–Trinajstić information content (AvgIpc) is 2.23. The molecule has 0 spiro atoms. The van der Waals surface area contributed by atoms with E-state index < -0.39 is 32.6 Å². The molecule has 0 fully saturated rings. The number of hydrogen-bond donors (Lipinski definition) is 4. The lowest BCUT2D eigenvalue weighted by molar-refractivity contribution is 0.0982. The van der Waals surface area contributed by atoms with Crippen LogP contribution in [0.15, 0.2) is 24.3 Å². The van der Waals surface area contributed by atoms with Crippen molar-refractivity contribution < 1.29 is 28.6 Å². The number of ketones is 1. The minimum atomic E-state index is -4.84. The van der Waals surface area contributed by atoms with Crippen molar-refractivity contribution in [2.24, 2.45) is 0 Å². The highest BCUT2D eigenvalue weighted by atomic mass is 31.2. The second-order valence-corrected chi connectivity index (χ2v) is 8.98. The quantitative estimate of drug-likeness (QED) is 0.365. The van der Waals surface area contributed by atoms with Crippen LogP contribution in [0, 0.1) is 0 Å². The number of Topliss-reactive ketones (excluding diaryl/α,β-unsaturated/α-hetero) is 1. The number of nitrogen functional groups attached to an aromatic ring is 1. The monoisotopic (exact) mass is 307 g/mol. The summed E-state index contributed by atoms with van der Waals surface area (Å²) in [5.41, 5.74) is 6.06. The van der Waals surface area contributed by atoms with Crippen LogP contribution in [0.25, 0.3) is 0 Å². The summed E-state index contributed by atoms with van der Waals surface area (Å²) < 4.78 is 22.7. The van der Waals surface area contributed by atoms with E-state index >= 15 is 0 Å². The molecule has 0 amide bonds. The van der Waals surface area contributed by atoms with Crippen LogP contribution < -0.4 is 5.73 Å². The summed E-state index contributed by atoms with van der Waals surface area (Å²) in [5, 5.41) is -1.88. The predicted molar refractivity (Wildman–Crippen MR) is 71.4 cm³/mol. The molecule has 0 saturated heterocycles. The van der Waals surface area contributed by atoms with Gasteiger partial charge in [0.1, 0.15) is 5.40 Å². The SMILES string of the molecule is CP(=O)(O)C(CC(=O)c1ccc(N)cc1)P(=O)(O)O. The molecule has 0 aliphatic carbocycles. The van der Waals surface area contributed by atoms with Crippen molar-refractivity contribution in [1.82, 2.24) is 0 Å². The van der Waals surface area contributed by atoms with E-state index in [0.717, 1.165) is 6.66 Å². The predicted octanol–water partition coefficient (Wildman–Crippen LogP) is 1.25. The summed E-state index contributed by atoms with van der Waals surface area (Å²) in [4.78, 5) is 39.3. The molecule has 0 aliphatic heterocycles. The van der Waals surface area contributed by atoms with Crippen LogP contribution in [0.2, 0.25) is 0 Å². The molecule has 0 aliphatic rings. The second-order valence-electron chi connectivity index (χ2n) is 4.26. The number of carbonyl (C=O) groups excluding carboxylic acids is 1. The Bertz CT molecular complexity index is 536. The first kappa shape index (κ1) is 16.1.